The lowest BCUT2D eigenvalue weighted by Crippen LogP contribution is -2.28. The summed E-state index contributed by atoms with van der Waals surface area (Å²) in [5, 5.41) is 18.6. The van der Waals surface area contributed by atoms with Gasteiger partial charge in [-0.2, -0.15) is 0 Å². The molecule has 3 rings (SSSR count). The molecule has 2 N–H and O–H groups in total. The summed E-state index contributed by atoms with van der Waals surface area (Å²) in [6.45, 7) is 1.50. The third-order valence-corrected chi connectivity index (χ3v) is 3.44. The molecular formula is C17H16O5. The Balaban J connectivity index is 0.000000170. The molecule has 1 heterocycles. The minimum atomic E-state index is -1.08. The topological polar surface area (TPSA) is 87.7 Å². The number of carbonyl (C=O) groups is 2. The number of hydrogen-bond acceptors (Lipinski definition) is 3. The molecule has 0 aliphatic heterocycles. The first-order chi connectivity index (χ1) is 10.4. The quantitative estimate of drug-likeness (QED) is 0.886. The van der Waals surface area contributed by atoms with Crippen molar-refractivity contribution >= 4 is 22.9 Å². The van der Waals surface area contributed by atoms with Crippen LogP contribution >= 0.6 is 0 Å². The van der Waals surface area contributed by atoms with Crippen LogP contribution in [0.3, 0.4) is 0 Å². The standard InChI is InChI=1S/C9H10O4.C8H6O/c1-9(8(12)13)4-2-3-6(5-9)7(10)11;1-2-4-8-7(3-1)5-6-9-8/h2-4H,5H2,1H3,(H,10,11)(H,12,13);1-6H. The van der Waals surface area contributed by atoms with Crippen LogP contribution in [0.15, 0.2) is 64.8 Å². The van der Waals surface area contributed by atoms with Crippen molar-refractivity contribution in [2.45, 2.75) is 13.3 Å². The molecule has 1 aromatic heterocycles. The molecule has 1 aromatic carbocycles. The fourth-order valence-corrected chi connectivity index (χ4v) is 2.09. The van der Waals surface area contributed by atoms with Crippen molar-refractivity contribution in [3.63, 3.8) is 0 Å². The summed E-state index contributed by atoms with van der Waals surface area (Å²) in [6, 6.07) is 9.90. The number of carboxylic acids is 2. The van der Waals surface area contributed by atoms with Crippen molar-refractivity contribution in [3.8, 4) is 0 Å². The summed E-state index contributed by atoms with van der Waals surface area (Å²) >= 11 is 0. The summed E-state index contributed by atoms with van der Waals surface area (Å²) in [5.41, 5.74) is 0.00699. The summed E-state index contributed by atoms with van der Waals surface area (Å²) < 4.78 is 5.12. The van der Waals surface area contributed by atoms with Gasteiger partial charge in [0, 0.05) is 11.0 Å². The molecule has 114 valence electrons. The number of rotatable bonds is 2. The predicted molar refractivity (Wildman–Crippen MR) is 81.4 cm³/mol. The van der Waals surface area contributed by atoms with Crippen molar-refractivity contribution in [3.05, 3.63) is 60.4 Å². The SMILES string of the molecule is CC1(C(=O)O)C=CC=C(C(=O)O)C1.c1ccc2occc2c1. The van der Waals surface area contributed by atoms with E-state index in [1.54, 1.807) is 6.26 Å². The number of fused-ring (bicyclic) bond motifs is 1. The average molecular weight is 300 g/mol. The molecule has 22 heavy (non-hydrogen) atoms. The second-order valence-corrected chi connectivity index (χ2v) is 5.21. The van der Waals surface area contributed by atoms with Gasteiger partial charge in [0.15, 0.2) is 0 Å². The maximum absolute atomic E-state index is 10.8. The Morgan fingerprint density at radius 3 is 2.55 bits per heavy atom. The number of carboxylic acid groups (broad SMARTS) is 2. The van der Waals surface area contributed by atoms with Gasteiger partial charge in [0.1, 0.15) is 5.58 Å². The molecule has 5 nitrogen and oxygen atoms in total. The molecular weight excluding hydrogens is 284 g/mol. The average Bonchev–Trinajstić information content (AvgIpc) is 2.96. The lowest BCUT2D eigenvalue weighted by molar-refractivity contribution is -0.145. The zero-order valence-corrected chi connectivity index (χ0v) is 12.0. The fourth-order valence-electron chi connectivity index (χ4n) is 2.09. The highest BCUT2D eigenvalue weighted by Crippen LogP contribution is 2.31. The molecule has 2 aromatic rings. The van der Waals surface area contributed by atoms with Crippen LogP contribution in [0.1, 0.15) is 13.3 Å². The Bertz CT molecular complexity index is 723. The highest BCUT2D eigenvalue weighted by atomic mass is 16.4. The number of allylic oxidation sites excluding steroid dienone is 2. The van der Waals surface area contributed by atoms with Gasteiger partial charge in [0.25, 0.3) is 0 Å². The lowest BCUT2D eigenvalue weighted by atomic mass is 9.80. The zero-order valence-electron chi connectivity index (χ0n) is 12.0. The van der Waals surface area contributed by atoms with E-state index in [1.807, 2.05) is 30.3 Å². The first-order valence-corrected chi connectivity index (χ1v) is 6.70. The van der Waals surface area contributed by atoms with Gasteiger partial charge in [0.05, 0.1) is 11.7 Å². The van der Waals surface area contributed by atoms with Crippen LogP contribution in [-0.4, -0.2) is 22.2 Å². The summed E-state index contributed by atoms with van der Waals surface area (Å²) in [5.74, 6) is -2.06. The van der Waals surface area contributed by atoms with E-state index >= 15 is 0 Å². The van der Waals surface area contributed by atoms with Gasteiger partial charge in [-0.3, -0.25) is 4.79 Å². The van der Waals surface area contributed by atoms with Crippen LogP contribution in [0.25, 0.3) is 11.0 Å². The zero-order chi connectivity index (χ0) is 16.2. The minimum absolute atomic E-state index is 0.0359. The molecule has 0 fully saturated rings. The minimum Gasteiger partial charge on any atom is -0.481 e. The van der Waals surface area contributed by atoms with Gasteiger partial charge in [-0.1, -0.05) is 36.4 Å². The number of aliphatic carboxylic acids is 2. The van der Waals surface area contributed by atoms with Crippen LogP contribution in [0.5, 0.6) is 0 Å². The summed E-state index contributed by atoms with van der Waals surface area (Å²) in [4.78, 5) is 21.3. The molecule has 1 atom stereocenters. The van der Waals surface area contributed by atoms with E-state index < -0.39 is 17.4 Å². The third-order valence-electron chi connectivity index (χ3n) is 3.44. The highest BCUT2D eigenvalue weighted by Gasteiger charge is 2.34. The van der Waals surface area contributed by atoms with E-state index in [-0.39, 0.29) is 12.0 Å². The van der Waals surface area contributed by atoms with E-state index in [0.717, 1.165) is 11.0 Å². The number of hydrogen-bond donors (Lipinski definition) is 2. The maximum atomic E-state index is 10.8. The molecule has 0 bridgehead atoms. The molecule has 0 radical (unpaired) electrons. The molecule has 0 spiro atoms. The monoisotopic (exact) mass is 300 g/mol. The first-order valence-electron chi connectivity index (χ1n) is 6.70. The molecule has 5 heteroatoms. The summed E-state index contributed by atoms with van der Waals surface area (Å²) in [6.07, 6.45) is 6.13. The van der Waals surface area contributed by atoms with Crippen LogP contribution < -0.4 is 0 Å². The Hall–Kier alpha value is -2.82. The van der Waals surface area contributed by atoms with Crippen LogP contribution in [0, 0.1) is 5.41 Å². The van der Waals surface area contributed by atoms with E-state index in [9.17, 15) is 9.59 Å². The van der Waals surface area contributed by atoms with Crippen molar-refractivity contribution in [2.24, 2.45) is 5.41 Å². The molecule has 1 aliphatic rings. The Kier molecular flexibility index (Phi) is 4.46. The summed E-state index contributed by atoms with van der Waals surface area (Å²) in [7, 11) is 0. The van der Waals surface area contributed by atoms with Crippen molar-refractivity contribution in [2.75, 3.05) is 0 Å². The van der Waals surface area contributed by atoms with Gasteiger partial charge in [0.2, 0.25) is 0 Å². The third kappa shape index (κ3) is 3.44. The largest absolute Gasteiger partial charge is 0.481 e. The van der Waals surface area contributed by atoms with Gasteiger partial charge < -0.3 is 14.6 Å². The smallest absolute Gasteiger partial charge is 0.331 e. The molecule has 1 unspecified atom stereocenters. The molecule has 1 aliphatic carbocycles. The van der Waals surface area contributed by atoms with Gasteiger partial charge in [-0.05, 0) is 25.5 Å². The van der Waals surface area contributed by atoms with Crippen molar-refractivity contribution in [1.82, 2.24) is 0 Å². The number of benzene rings is 1. The van der Waals surface area contributed by atoms with Gasteiger partial charge in [-0.25, -0.2) is 4.79 Å². The van der Waals surface area contributed by atoms with Crippen LogP contribution in [0.4, 0.5) is 0 Å². The van der Waals surface area contributed by atoms with E-state index in [2.05, 4.69) is 0 Å². The van der Waals surface area contributed by atoms with E-state index in [4.69, 9.17) is 14.6 Å². The first kappa shape index (κ1) is 15.6. The lowest BCUT2D eigenvalue weighted by Gasteiger charge is -2.23. The Labute approximate surface area is 127 Å². The predicted octanol–water partition coefficient (Wildman–Crippen LogP) is 3.48. The second-order valence-electron chi connectivity index (χ2n) is 5.21. The molecule has 0 amide bonds. The van der Waals surface area contributed by atoms with Gasteiger partial charge >= 0.3 is 11.9 Å². The normalized spacial score (nSPS) is 20.0. The van der Waals surface area contributed by atoms with Gasteiger partial charge in [-0.15, -0.1) is 0 Å². The number of para-hydroxylation sites is 1. The highest BCUT2D eigenvalue weighted by molar-refractivity contribution is 5.90. The van der Waals surface area contributed by atoms with Crippen molar-refractivity contribution in [1.29, 1.82) is 0 Å². The number of furan rings is 1. The van der Waals surface area contributed by atoms with Crippen LogP contribution in [-0.2, 0) is 9.59 Å². The molecule has 0 saturated carbocycles. The maximum Gasteiger partial charge on any atom is 0.331 e. The van der Waals surface area contributed by atoms with E-state index in [1.165, 1.54) is 25.2 Å². The molecule has 0 saturated heterocycles. The second kappa shape index (κ2) is 6.30. The van der Waals surface area contributed by atoms with Crippen molar-refractivity contribution < 1.29 is 24.2 Å². The Morgan fingerprint density at radius 1 is 1.18 bits per heavy atom. The Morgan fingerprint density at radius 2 is 1.91 bits per heavy atom. The van der Waals surface area contributed by atoms with E-state index in [0.29, 0.717) is 0 Å². The fraction of sp³-hybridized carbons (Fsp3) is 0.176. The van der Waals surface area contributed by atoms with Crippen LogP contribution in [0.2, 0.25) is 0 Å².